The first kappa shape index (κ1) is 24.9. The Kier molecular flexibility index (Phi) is 7.83. The molecule has 6 nitrogen and oxygen atoms in total. The monoisotopic (exact) mass is 495 g/mol. The molecule has 4 rings (SSSR count). The molecule has 0 unspecified atom stereocenters. The second-order valence-corrected chi connectivity index (χ2v) is 10.7. The molecule has 8 heteroatoms. The van der Waals surface area contributed by atoms with Crippen molar-refractivity contribution < 1.29 is 17.6 Å². The number of sulfonamides is 1. The molecule has 3 aromatic carbocycles. The lowest BCUT2D eigenvalue weighted by atomic mass is 10.1. The highest BCUT2D eigenvalue weighted by atomic mass is 32.2. The molecule has 1 aliphatic heterocycles. The number of amides is 1. The number of nitrogens with zero attached hydrogens (tertiary/aromatic N) is 2. The number of carbonyl (C=O) groups is 1. The van der Waals surface area contributed by atoms with Crippen LogP contribution in [0.1, 0.15) is 29.5 Å². The van der Waals surface area contributed by atoms with Crippen LogP contribution in [-0.4, -0.2) is 38.9 Å². The predicted octanol–water partition coefficient (Wildman–Crippen LogP) is 4.24. The van der Waals surface area contributed by atoms with Crippen molar-refractivity contribution in [3.8, 4) is 0 Å². The zero-order chi connectivity index (χ0) is 24.8. The first-order chi connectivity index (χ1) is 16.8. The van der Waals surface area contributed by atoms with Gasteiger partial charge in [-0.2, -0.15) is 0 Å². The van der Waals surface area contributed by atoms with Gasteiger partial charge in [0.05, 0.1) is 10.6 Å². The molecule has 1 heterocycles. The van der Waals surface area contributed by atoms with E-state index in [-0.39, 0.29) is 17.1 Å². The number of carbonyl (C=O) groups excluding carboxylic acids is 1. The van der Waals surface area contributed by atoms with E-state index in [9.17, 15) is 17.6 Å². The molecule has 0 spiro atoms. The minimum Gasteiger partial charge on any atom is -0.350 e. The van der Waals surface area contributed by atoms with Crippen molar-refractivity contribution in [2.75, 3.05) is 23.9 Å². The molecule has 184 valence electrons. The number of rotatable bonds is 9. The smallest absolute Gasteiger partial charge is 0.264 e. The van der Waals surface area contributed by atoms with Gasteiger partial charge in [0.1, 0.15) is 12.4 Å². The van der Waals surface area contributed by atoms with Gasteiger partial charge in [-0.3, -0.25) is 14.0 Å². The molecule has 1 N–H and O–H groups in total. The topological polar surface area (TPSA) is 69.7 Å². The van der Waals surface area contributed by atoms with E-state index in [4.69, 9.17) is 0 Å². The lowest BCUT2D eigenvalue weighted by Gasteiger charge is -2.24. The molecular weight excluding hydrogens is 465 g/mol. The molecule has 1 fully saturated rings. The Morgan fingerprint density at radius 2 is 1.57 bits per heavy atom. The van der Waals surface area contributed by atoms with Crippen LogP contribution < -0.4 is 9.62 Å². The molecule has 0 bridgehead atoms. The standard InChI is InChI=1S/C27H30FN3O3S/c1-21-12-14-24(15-13-21)35(33,34)31(26-11-5-4-10-25(26)28)20-27(32)29-18-22-8-2-3-9-23(22)19-30-16-6-7-17-30/h2-5,8-15H,6-7,16-20H2,1H3,(H,29,32). The molecule has 1 saturated heterocycles. The Bertz CT molecular complexity index is 1270. The number of aryl methyl sites for hydroxylation is 1. The fourth-order valence-corrected chi connectivity index (χ4v) is 5.67. The minimum absolute atomic E-state index is 0.00453. The fourth-order valence-electron chi connectivity index (χ4n) is 4.24. The lowest BCUT2D eigenvalue weighted by molar-refractivity contribution is -0.119. The van der Waals surface area contributed by atoms with Gasteiger partial charge in [-0.15, -0.1) is 0 Å². The van der Waals surface area contributed by atoms with Gasteiger partial charge in [0.2, 0.25) is 5.91 Å². The summed E-state index contributed by atoms with van der Waals surface area (Å²) in [5, 5.41) is 2.83. The average molecular weight is 496 g/mol. The van der Waals surface area contributed by atoms with E-state index in [1.807, 2.05) is 31.2 Å². The number of likely N-dealkylation sites (tertiary alicyclic amines) is 1. The quantitative estimate of drug-likeness (QED) is 0.482. The summed E-state index contributed by atoms with van der Waals surface area (Å²) in [5.41, 5.74) is 2.84. The van der Waals surface area contributed by atoms with Crippen LogP contribution in [0.5, 0.6) is 0 Å². The highest BCUT2D eigenvalue weighted by Gasteiger charge is 2.29. The zero-order valence-electron chi connectivity index (χ0n) is 19.8. The molecule has 0 aliphatic carbocycles. The number of hydrogen-bond donors (Lipinski definition) is 1. The van der Waals surface area contributed by atoms with E-state index >= 15 is 0 Å². The van der Waals surface area contributed by atoms with Gasteiger partial charge in [0, 0.05) is 13.1 Å². The summed E-state index contributed by atoms with van der Waals surface area (Å²) < 4.78 is 42.3. The van der Waals surface area contributed by atoms with E-state index in [1.165, 1.54) is 43.2 Å². The van der Waals surface area contributed by atoms with Crippen molar-refractivity contribution in [2.45, 2.75) is 37.8 Å². The summed E-state index contributed by atoms with van der Waals surface area (Å²) in [7, 11) is -4.17. The highest BCUT2D eigenvalue weighted by Crippen LogP contribution is 2.26. The van der Waals surface area contributed by atoms with E-state index in [2.05, 4.69) is 10.2 Å². The molecule has 0 saturated carbocycles. The van der Waals surface area contributed by atoms with E-state index in [1.54, 1.807) is 18.2 Å². The number of benzene rings is 3. The van der Waals surface area contributed by atoms with Crippen molar-refractivity contribution in [1.82, 2.24) is 10.2 Å². The van der Waals surface area contributed by atoms with Crippen LogP contribution in [0, 0.1) is 12.7 Å². The van der Waals surface area contributed by atoms with Gasteiger partial charge in [-0.1, -0.05) is 54.1 Å². The maximum Gasteiger partial charge on any atom is 0.264 e. The van der Waals surface area contributed by atoms with E-state index < -0.39 is 28.3 Å². The average Bonchev–Trinajstić information content (AvgIpc) is 3.36. The molecule has 1 aliphatic rings. The van der Waals surface area contributed by atoms with Crippen molar-refractivity contribution in [3.63, 3.8) is 0 Å². The zero-order valence-corrected chi connectivity index (χ0v) is 20.6. The predicted molar refractivity (Wildman–Crippen MR) is 135 cm³/mol. The van der Waals surface area contributed by atoms with Crippen molar-refractivity contribution >= 4 is 21.6 Å². The fraction of sp³-hybridized carbons (Fsp3) is 0.296. The minimum atomic E-state index is -4.17. The van der Waals surface area contributed by atoms with Gasteiger partial charge in [0.15, 0.2) is 0 Å². The van der Waals surface area contributed by atoms with Gasteiger partial charge in [-0.05, 0) is 68.2 Å². The second kappa shape index (κ2) is 11.0. The first-order valence-electron chi connectivity index (χ1n) is 11.7. The van der Waals surface area contributed by atoms with Crippen LogP contribution in [0.25, 0.3) is 0 Å². The molecule has 0 radical (unpaired) electrons. The van der Waals surface area contributed by atoms with E-state index in [0.717, 1.165) is 40.6 Å². The maximum atomic E-state index is 14.7. The largest absolute Gasteiger partial charge is 0.350 e. The number of para-hydroxylation sites is 1. The molecular formula is C27H30FN3O3S. The van der Waals surface area contributed by atoms with Gasteiger partial charge in [0.25, 0.3) is 10.0 Å². The lowest BCUT2D eigenvalue weighted by Crippen LogP contribution is -2.41. The Labute approximate surface area is 206 Å². The van der Waals surface area contributed by atoms with Gasteiger partial charge < -0.3 is 5.32 Å². The Hall–Kier alpha value is -3.23. The number of hydrogen-bond acceptors (Lipinski definition) is 4. The van der Waals surface area contributed by atoms with Crippen LogP contribution in [0.3, 0.4) is 0 Å². The van der Waals surface area contributed by atoms with Crippen molar-refractivity contribution in [3.05, 3.63) is 95.3 Å². The summed E-state index contributed by atoms with van der Waals surface area (Å²) in [4.78, 5) is 15.3. The Morgan fingerprint density at radius 3 is 2.26 bits per heavy atom. The summed E-state index contributed by atoms with van der Waals surface area (Å²) in [6.45, 7) is 4.52. The van der Waals surface area contributed by atoms with Crippen LogP contribution in [0.4, 0.5) is 10.1 Å². The van der Waals surface area contributed by atoms with Crippen LogP contribution in [0.15, 0.2) is 77.7 Å². The van der Waals surface area contributed by atoms with E-state index in [0.29, 0.717) is 0 Å². The third kappa shape index (κ3) is 6.07. The molecule has 35 heavy (non-hydrogen) atoms. The summed E-state index contributed by atoms with van der Waals surface area (Å²) in [5.74, 6) is -1.23. The second-order valence-electron chi connectivity index (χ2n) is 8.80. The van der Waals surface area contributed by atoms with Crippen LogP contribution in [0.2, 0.25) is 0 Å². The van der Waals surface area contributed by atoms with Crippen molar-refractivity contribution in [1.29, 1.82) is 0 Å². The first-order valence-corrected chi connectivity index (χ1v) is 13.2. The summed E-state index contributed by atoms with van der Waals surface area (Å²) in [6.07, 6.45) is 2.39. The third-order valence-electron chi connectivity index (χ3n) is 6.20. The molecule has 1 amide bonds. The normalized spacial score (nSPS) is 14.1. The van der Waals surface area contributed by atoms with Crippen LogP contribution in [-0.2, 0) is 27.9 Å². The molecule has 0 atom stereocenters. The molecule has 0 aromatic heterocycles. The highest BCUT2D eigenvalue weighted by molar-refractivity contribution is 7.92. The van der Waals surface area contributed by atoms with Crippen LogP contribution >= 0.6 is 0 Å². The Morgan fingerprint density at radius 1 is 0.943 bits per heavy atom. The number of nitrogens with one attached hydrogen (secondary N) is 1. The summed E-state index contributed by atoms with van der Waals surface area (Å²) >= 11 is 0. The molecule has 3 aromatic rings. The third-order valence-corrected chi connectivity index (χ3v) is 7.98. The number of halogens is 1. The maximum absolute atomic E-state index is 14.7. The summed E-state index contributed by atoms with van der Waals surface area (Å²) in [6, 6.07) is 19.7. The van der Waals surface area contributed by atoms with Gasteiger partial charge >= 0.3 is 0 Å². The van der Waals surface area contributed by atoms with Crippen molar-refractivity contribution in [2.24, 2.45) is 0 Å². The number of anilines is 1. The SMILES string of the molecule is Cc1ccc(S(=O)(=O)N(CC(=O)NCc2ccccc2CN2CCCC2)c2ccccc2F)cc1. The van der Waals surface area contributed by atoms with Gasteiger partial charge in [-0.25, -0.2) is 12.8 Å². The Balaban J connectivity index is 1.53.